The molecule has 2 unspecified atom stereocenters. The highest BCUT2D eigenvalue weighted by atomic mass is 32.2. The minimum atomic E-state index is -3.84. The number of hydrogen-bond acceptors (Lipinski definition) is 4. The van der Waals surface area contributed by atoms with Gasteiger partial charge in [0.05, 0.1) is 4.90 Å². The molecular weight excluding hydrogens is 486 g/mol. The number of carbonyl (C=O) groups is 2. The number of amides is 2. The van der Waals surface area contributed by atoms with E-state index in [1.54, 1.807) is 30.3 Å². The first-order valence-corrected chi connectivity index (χ1v) is 14.4. The number of aryl methyl sites for hydroxylation is 1. The maximum Gasteiger partial charge on any atom is 0.255 e. The molecule has 0 radical (unpaired) electrons. The zero-order valence-corrected chi connectivity index (χ0v) is 22.5. The highest BCUT2D eigenvalue weighted by Gasteiger charge is 2.32. The first kappa shape index (κ1) is 26.8. The van der Waals surface area contributed by atoms with Crippen molar-refractivity contribution in [3.8, 4) is 0 Å². The van der Waals surface area contributed by atoms with Crippen molar-refractivity contribution in [2.45, 2.75) is 57.4 Å². The van der Waals surface area contributed by atoms with Crippen LogP contribution in [0.5, 0.6) is 0 Å². The first-order chi connectivity index (χ1) is 17.7. The topological polar surface area (TPSA) is 95.6 Å². The molecular formula is C29H35N3O4S. The quantitative estimate of drug-likeness (QED) is 0.431. The normalized spacial score (nSPS) is 18.1. The van der Waals surface area contributed by atoms with E-state index in [2.05, 4.69) is 17.0 Å². The van der Waals surface area contributed by atoms with E-state index in [4.69, 9.17) is 0 Å². The molecule has 1 saturated heterocycles. The fraction of sp³-hybridized carbons (Fsp3) is 0.379. The van der Waals surface area contributed by atoms with Crippen LogP contribution in [0.25, 0.3) is 10.8 Å². The Bertz CT molecular complexity index is 1400. The molecule has 3 aromatic rings. The summed E-state index contributed by atoms with van der Waals surface area (Å²) in [7, 11) is -3.84. The van der Waals surface area contributed by atoms with Crippen molar-refractivity contribution < 1.29 is 18.0 Å². The van der Waals surface area contributed by atoms with E-state index in [9.17, 15) is 18.0 Å². The minimum absolute atomic E-state index is 0.00645. The van der Waals surface area contributed by atoms with E-state index in [-0.39, 0.29) is 28.7 Å². The Labute approximate surface area is 219 Å². The lowest BCUT2D eigenvalue weighted by molar-refractivity contribution is -0.133. The van der Waals surface area contributed by atoms with Gasteiger partial charge in [0.2, 0.25) is 15.9 Å². The molecule has 0 aromatic heterocycles. The Balaban J connectivity index is 1.54. The SMILES string of the molecule is CCCCC(=O)N1CCC(NS(=O)(=O)c2ccc(NC(=O)c3ccccc3C)c3ccccc23)C(C)C1. The molecule has 2 atom stereocenters. The molecule has 4 rings (SSSR count). The number of carbonyl (C=O) groups excluding carboxylic acids is 2. The molecule has 1 fully saturated rings. The molecule has 1 heterocycles. The lowest BCUT2D eigenvalue weighted by Gasteiger charge is -2.37. The van der Waals surface area contributed by atoms with Crippen LogP contribution in [-0.4, -0.2) is 44.3 Å². The van der Waals surface area contributed by atoms with Crippen molar-refractivity contribution in [2.75, 3.05) is 18.4 Å². The van der Waals surface area contributed by atoms with Gasteiger partial charge in [-0.15, -0.1) is 0 Å². The molecule has 1 aliphatic heterocycles. The summed E-state index contributed by atoms with van der Waals surface area (Å²) in [6.45, 7) is 7.01. The van der Waals surface area contributed by atoms with Gasteiger partial charge in [-0.25, -0.2) is 13.1 Å². The van der Waals surface area contributed by atoms with Crippen LogP contribution in [0, 0.1) is 12.8 Å². The van der Waals surface area contributed by atoms with Crippen LogP contribution in [-0.2, 0) is 14.8 Å². The maximum absolute atomic E-state index is 13.5. The van der Waals surface area contributed by atoms with Gasteiger partial charge in [0.25, 0.3) is 5.91 Å². The molecule has 0 aliphatic carbocycles. The van der Waals surface area contributed by atoms with Crippen LogP contribution in [0.15, 0.2) is 65.6 Å². The molecule has 0 spiro atoms. The number of piperidine rings is 1. The van der Waals surface area contributed by atoms with Gasteiger partial charge in [-0.3, -0.25) is 9.59 Å². The lowest BCUT2D eigenvalue weighted by Crippen LogP contribution is -2.51. The van der Waals surface area contributed by atoms with Crippen LogP contribution in [0.2, 0.25) is 0 Å². The van der Waals surface area contributed by atoms with Crippen molar-refractivity contribution in [3.05, 3.63) is 71.8 Å². The van der Waals surface area contributed by atoms with Crippen LogP contribution >= 0.6 is 0 Å². The van der Waals surface area contributed by atoms with Crippen molar-refractivity contribution in [3.63, 3.8) is 0 Å². The number of hydrogen-bond donors (Lipinski definition) is 2. The van der Waals surface area contributed by atoms with Gasteiger partial charge in [0.1, 0.15) is 0 Å². The largest absolute Gasteiger partial charge is 0.342 e. The Hall–Kier alpha value is -3.23. The molecule has 2 N–H and O–H groups in total. The number of anilines is 1. The molecule has 8 heteroatoms. The third-order valence-corrected chi connectivity index (χ3v) is 8.67. The standard InChI is InChI=1S/C29H35N3O4S/c1-4-5-14-28(33)32-18-17-25(21(3)19-32)31-37(35,36)27-16-15-26(23-12-8-9-13-24(23)27)30-29(34)22-11-7-6-10-20(22)2/h6-13,15-16,21,25,31H,4-5,14,17-19H2,1-3H3,(H,30,34). The molecule has 1 aliphatic rings. The second-order valence-corrected chi connectivity index (χ2v) is 11.5. The van der Waals surface area contributed by atoms with Crippen molar-refractivity contribution >= 4 is 38.3 Å². The Kier molecular flexibility index (Phi) is 8.29. The van der Waals surface area contributed by atoms with Crippen molar-refractivity contribution in [1.82, 2.24) is 9.62 Å². The summed E-state index contributed by atoms with van der Waals surface area (Å²) in [6, 6.07) is 17.4. The minimum Gasteiger partial charge on any atom is -0.342 e. The second-order valence-electron chi connectivity index (χ2n) is 9.86. The molecule has 196 valence electrons. The van der Waals surface area contributed by atoms with Crippen LogP contribution in [0.4, 0.5) is 5.69 Å². The molecule has 37 heavy (non-hydrogen) atoms. The van der Waals surface area contributed by atoms with Crippen LogP contribution in [0.1, 0.15) is 55.5 Å². The number of nitrogens with one attached hydrogen (secondary N) is 2. The number of rotatable bonds is 8. The number of benzene rings is 3. The fourth-order valence-corrected chi connectivity index (χ4v) is 6.52. The number of fused-ring (bicyclic) bond motifs is 1. The average molecular weight is 522 g/mol. The van der Waals surface area contributed by atoms with Crippen LogP contribution < -0.4 is 10.0 Å². The molecule has 0 saturated carbocycles. The van der Waals surface area contributed by atoms with Gasteiger partial charge in [-0.2, -0.15) is 0 Å². The van der Waals surface area contributed by atoms with E-state index in [1.165, 1.54) is 0 Å². The van der Waals surface area contributed by atoms with E-state index < -0.39 is 10.0 Å². The molecule has 3 aromatic carbocycles. The van der Waals surface area contributed by atoms with Crippen molar-refractivity contribution in [1.29, 1.82) is 0 Å². The third kappa shape index (κ3) is 6.02. The smallest absolute Gasteiger partial charge is 0.255 e. The van der Waals surface area contributed by atoms with E-state index >= 15 is 0 Å². The molecule has 7 nitrogen and oxygen atoms in total. The zero-order valence-electron chi connectivity index (χ0n) is 21.7. The lowest BCUT2D eigenvalue weighted by atomic mass is 9.94. The number of unbranched alkanes of at least 4 members (excludes halogenated alkanes) is 1. The number of sulfonamides is 1. The second kappa shape index (κ2) is 11.4. The summed E-state index contributed by atoms with van der Waals surface area (Å²) >= 11 is 0. The predicted octanol–water partition coefficient (Wildman–Crippen LogP) is 5.11. The Morgan fingerprint density at radius 2 is 1.70 bits per heavy atom. The van der Waals surface area contributed by atoms with E-state index in [0.717, 1.165) is 18.4 Å². The first-order valence-electron chi connectivity index (χ1n) is 12.9. The summed E-state index contributed by atoms with van der Waals surface area (Å²) in [5.74, 6) is -0.108. The van der Waals surface area contributed by atoms with Gasteiger partial charge in [0.15, 0.2) is 0 Å². The van der Waals surface area contributed by atoms with E-state index in [0.29, 0.717) is 48.0 Å². The zero-order chi connectivity index (χ0) is 26.6. The van der Waals surface area contributed by atoms with Crippen molar-refractivity contribution in [2.24, 2.45) is 5.92 Å². The summed E-state index contributed by atoms with van der Waals surface area (Å²) in [5, 5.41) is 4.14. The predicted molar refractivity (Wildman–Crippen MR) is 147 cm³/mol. The van der Waals surface area contributed by atoms with Gasteiger partial charge in [-0.1, -0.05) is 62.7 Å². The summed E-state index contributed by atoms with van der Waals surface area (Å²) in [6.07, 6.45) is 2.95. The maximum atomic E-state index is 13.5. The van der Waals surface area contributed by atoms with Gasteiger partial charge < -0.3 is 10.2 Å². The fourth-order valence-electron chi connectivity index (χ4n) is 4.93. The summed E-state index contributed by atoms with van der Waals surface area (Å²) < 4.78 is 30.0. The number of nitrogens with zero attached hydrogens (tertiary/aromatic N) is 1. The average Bonchev–Trinajstić information content (AvgIpc) is 2.88. The summed E-state index contributed by atoms with van der Waals surface area (Å²) in [4.78, 5) is 27.4. The third-order valence-electron chi connectivity index (χ3n) is 7.12. The highest BCUT2D eigenvalue weighted by molar-refractivity contribution is 7.89. The molecule has 2 amide bonds. The Morgan fingerprint density at radius 1 is 1.00 bits per heavy atom. The monoisotopic (exact) mass is 521 g/mol. The van der Waals surface area contributed by atoms with Gasteiger partial charge in [-0.05, 0) is 49.4 Å². The highest BCUT2D eigenvalue weighted by Crippen LogP contribution is 2.31. The van der Waals surface area contributed by atoms with Crippen LogP contribution in [0.3, 0.4) is 0 Å². The Morgan fingerprint density at radius 3 is 2.41 bits per heavy atom. The summed E-state index contributed by atoms with van der Waals surface area (Å²) in [5.41, 5.74) is 1.98. The van der Waals surface area contributed by atoms with Gasteiger partial charge >= 0.3 is 0 Å². The number of likely N-dealkylation sites (tertiary alicyclic amines) is 1. The molecule has 0 bridgehead atoms. The van der Waals surface area contributed by atoms with Gasteiger partial charge in [0, 0.05) is 47.6 Å². The van der Waals surface area contributed by atoms with E-state index in [1.807, 2.05) is 49.1 Å².